The van der Waals surface area contributed by atoms with Crippen LogP contribution in [0.1, 0.15) is 25.7 Å². The Balaban J connectivity index is 2.17. The van der Waals surface area contributed by atoms with Crippen molar-refractivity contribution >= 4 is 10.8 Å². The smallest absolute Gasteiger partial charge is 0.124 e. The van der Waals surface area contributed by atoms with Gasteiger partial charge in [-0.05, 0) is 31.0 Å². The van der Waals surface area contributed by atoms with Gasteiger partial charge in [-0.2, -0.15) is 0 Å². The van der Waals surface area contributed by atoms with Crippen LogP contribution in [0.25, 0.3) is 0 Å². The minimum absolute atomic E-state index is 0.247. The second kappa shape index (κ2) is 4.22. The lowest BCUT2D eigenvalue weighted by Gasteiger charge is -2.08. The molecular formula is C11H13FOS. The summed E-state index contributed by atoms with van der Waals surface area (Å²) in [4.78, 5) is 0.636. The molecular weight excluding hydrogens is 199 g/mol. The maximum Gasteiger partial charge on any atom is 0.124 e. The van der Waals surface area contributed by atoms with Gasteiger partial charge in [0.25, 0.3) is 0 Å². The van der Waals surface area contributed by atoms with Crippen LogP contribution in [-0.4, -0.2) is 9.46 Å². The molecule has 1 saturated carbocycles. The number of halogens is 1. The van der Waals surface area contributed by atoms with Crippen molar-refractivity contribution in [1.82, 2.24) is 0 Å². The quantitative estimate of drug-likeness (QED) is 0.736. The van der Waals surface area contributed by atoms with Crippen LogP contribution in [-0.2, 0) is 10.8 Å². The lowest BCUT2D eigenvalue weighted by Crippen LogP contribution is -2.10. The molecule has 1 aromatic rings. The van der Waals surface area contributed by atoms with Crippen LogP contribution in [0.15, 0.2) is 29.2 Å². The third-order valence-electron chi connectivity index (χ3n) is 2.63. The molecule has 1 aliphatic rings. The zero-order valence-corrected chi connectivity index (χ0v) is 8.73. The van der Waals surface area contributed by atoms with Crippen LogP contribution in [0.4, 0.5) is 4.39 Å². The van der Waals surface area contributed by atoms with Crippen molar-refractivity contribution in [2.75, 3.05) is 0 Å². The van der Waals surface area contributed by atoms with E-state index in [4.69, 9.17) is 0 Å². The van der Waals surface area contributed by atoms with Gasteiger partial charge in [-0.25, -0.2) is 4.39 Å². The largest absolute Gasteiger partial charge is 0.254 e. The molecule has 2 rings (SSSR count). The lowest BCUT2D eigenvalue weighted by molar-refractivity contribution is 0.621. The molecule has 1 fully saturated rings. The molecule has 1 aromatic carbocycles. The summed E-state index contributed by atoms with van der Waals surface area (Å²) in [6.07, 6.45) is 4.35. The van der Waals surface area contributed by atoms with Crippen molar-refractivity contribution in [2.24, 2.45) is 0 Å². The fraction of sp³-hybridized carbons (Fsp3) is 0.455. The lowest BCUT2D eigenvalue weighted by atomic mass is 10.3. The van der Waals surface area contributed by atoms with Gasteiger partial charge in [0.1, 0.15) is 5.82 Å². The van der Waals surface area contributed by atoms with E-state index >= 15 is 0 Å². The van der Waals surface area contributed by atoms with E-state index in [2.05, 4.69) is 0 Å². The molecule has 0 bridgehead atoms. The average molecular weight is 212 g/mol. The number of hydrogen-bond acceptors (Lipinski definition) is 1. The molecule has 0 radical (unpaired) electrons. The second-order valence-corrected chi connectivity index (χ2v) is 5.39. The van der Waals surface area contributed by atoms with Crippen molar-refractivity contribution in [1.29, 1.82) is 0 Å². The fourth-order valence-electron chi connectivity index (χ4n) is 1.89. The highest BCUT2D eigenvalue weighted by Crippen LogP contribution is 2.26. The third kappa shape index (κ3) is 2.03. The van der Waals surface area contributed by atoms with Crippen molar-refractivity contribution in [3.63, 3.8) is 0 Å². The van der Waals surface area contributed by atoms with Gasteiger partial charge in [0.2, 0.25) is 0 Å². The fourth-order valence-corrected chi connectivity index (χ4v) is 3.47. The van der Waals surface area contributed by atoms with Crippen molar-refractivity contribution in [3.05, 3.63) is 30.1 Å². The molecule has 1 nitrogen and oxygen atoms in total. The Morgan fingerprint density at radius 1 is 1.29 bits per heavy atom. The Labute approximate surface area is 85.8 Å². The minimum atomic E-state index is -1.01. The molecule has 0 N–H and O–H groups in total. The molecule has 0 heterocycles. The van der Waals surface area contributed by atoms with Crippen molar-refractivity contribution in [3.8, 4) is 0 Å². The number of hydrogen-bond donors (Lipinski definition) is 0. The Hall–Kier alpha value is -0.700. The van der Waals surface area contributed by atoms with Crippen LogP contribution < -0.4 is 0 Å². The van der Waals surface area contributed by atoms with Gasteiger partial charge in [0, 0.05) is 10.1 Å². The number of benzene rings is 1. The molecule has 1 atom stereocenters. The summed E-state index contributed by atoms with van der Waals surface area (Å²) >= 11 is 0. The van der Waals surface area contributed by atoms with Crippen LogP contribution in [0.2, 0.25) is 0 Å². The van der Waals surface area contributed by atoms with Crippen molar-refractivity contribution < 1.29 is 8.60 Å². The minimum Gasteiger partial charge on any atom is -0.254 e. The second-order valence-electron chi connectivity index (χ2n) is 3.66. The monoisotopic (exact) mass is 212 g/mol. The Kier molecular flexibility index (Phi) is 2.96. The Bertz CT molecular complexity index is 345. The molecule has 76 valence electrons. The Morgan fingerprint density at radius 3 is 2.64 bits per heavy atom. The zero-order chi connectivity index (χ0) is 9.97. The van der Waals surface area contributed by atoms with Gasteiger partial charge in [-0.1, -0.05) is 18.9 Å². The molecule has 0 aliphatic heterocycles. The first kappa shape index (κ1) is 9.84. The van der Waals surface area contributed by atoms with Crippen LogP contribution >= 0.6 is 0 Å². The normalized spacial score (nSPS) is 19.8. The predicted molar refractivity (Wildman–Crippen MR) is 55.1 cm³/mol. The van der Waals surface area contributed by atoms with E-state index in [0.29, 0.717) is 4.90 Å². The van der Waals surface area contributed by atoms with E-state index in [0.717, 1.165) is 25.7 Å². The maximum absolute atomic E-state index is 12.9. The Morgan fingerprint density at radius 2 is 2.00 bits per heavy atom. The molecule has 3 heteroatoms. The van der Waals surface area contributed by atoms with Gasteiger partial charge >= 0.3 is 0 Å². The van der Waals surface area contributed by atoms with Gasteiger partial charge in [0.15, 0.2) is 0 Å². The van der Waals surface area contributed by atoms with Crippen LogP contribution in [0.3, 0.4) is 0 Å². The molecule has 0 spiro atoms. The van der Waals surface area contributed by atoms with E-state index in [1.807, 2.05) is 0 Å². The summed E-state index contributed by atoms with van der Waals surface area (Å²) in [5.41, 5.74) is 0. The first-order valence-electron chi connectivity index (χ1n) is 4.93. The molecule has 0 saturated heterocycles. The van der Waals surface area contributed by atoms with Gasteiger partial charge in [-0.3, -0.25) is 4.21 Å². The molecule has 1 unspecified atom stereocenters. The van der Waals surface area contributed by atoms with Gasteiger partial charge < -0.3 is 0 Å². The average Bonchev–Trinajstić information content (AvgIpc) is 2.69. The van der Waals surface area contributed by atoms with E-state index in [-0.39, 0.29) is 11.1 Å². The highest BCUT2D eigenvalue weighted by molar-refractivity contribution is 7.85. The highest BCUT2D eigenvalue weighted by Gasteiger charge is 2.22. The summed E-state index contributed by atoms with van der Waals surface area (Å²) in [6.45, 7) is 0. The summed E-state index contributed by atoms with van der Waals surface area (Å²) in [5, 5.41) is 0.247. The SMILES string of the molecule is O=S(c1cccc(F)c1)C1CCCC1. The van der Waals surface area contributed by atoms with Crippen molar-refractivity contribution in [2.45, 2.75) is 35.8 Å². The highest BCUT2D eigenvalue weighted by atomic mass is 32.2. The summed E-state index contributed by atoms with van der Waals surface area (Å²) in [7, 11) is -1.01. The molecule has 14 heavy (non-hydrogen) atoms. The topological polar surface area (TPSA) is 17.1 Å². The zero-order valence-electron chi connectivity index (χ0n) is 7.91. The van der Waals surface area contributed by atoms with E-state index in [9.17, 15) is 8.60 Å². The molecule has 0 amide bonds. The van der Waals surface area contributed by atoms with E-state index in [1.54, 1.807) is 12.1 Å². The van der Waals surface area contributed by atoms with E-state index < -0.39 is 10.8 Å². The van der Waals surface area contributed by atoms with E-state index in [1.165, 1.54) is 12.1 Å². The number of rotatable bonds is 2. The van der Waals surface area contributed by atoms with Crippen LogP contribution in [0, 0.1) is 5.82 Å². The van der Waals surface area contributed by atoms with Crippen LogP contribution in [0.5, 0.6) is 0 Å². The summed E-state index contributed by atoms with van der Waals surface area (Å²) < 4.78 is 24.8. The van der Waals surface area contributed by atoms with Gasteiger partial charge in [0.05, 0.1) is 10.8 Å². The predicted octanol–water partition coefficient (Wildman–Crippen LogP) is 2.88. The standard InChI is InChI=1S/C11H13FOS/c12-9-4-3-7-11(8-9)14(13)10-5-1-2-6-10/h3-4,7-8,10H,1-2,5-6H2. The molecule has 0 aromatic heterocycles. The molecule has 1 aliphatic carbocycles. The summed E-state index contributed by atoms with van der Waals surface area (Å²) in [5.74, 6) is -0.297. The first-order valence-corrected chi connectivity index (χ1v) is 6.15. The maximum atomic E-state index is 12.9. The summed E-state index contributed by atoms with van der Waals surface area (Å²) in [6, 6.07) is 6.14. The van der Waals surface area contributed by atoms with Gasteiger partial charge in [-0.15, -0.1) is 0 Å². The third-order valence-corrected chi connectivity index (χ3v) is 4.43. The first-order chi connectivity index (χ1) is 6.77.